The largest absolute Gasteiger partial charge is 0.345 e. The molecule has 6 heterocycles. The fourth-order valence-corrected chi connectivity index (χ4v) is 7.47. The second-order valence-corrected chi connectivity index (χ2v) is 13.8. The molecule has 0 unspecified atom stereocenters. The Hall–Kier alpha value is -4.42. The third-order valence-corrected chi connectivity index (χ3v) is 10.3. The number of imidazole rings is 1. The van der Waals surface area contributed by atoms with Gasteiger partial charge < -0.3 is 25.1 Å². The first-order chi connectivity index (χ1) is 23.8. The maximum atomic E-state index is 15.6. The van der Waals surface area contributed by atoms with Crippen molar-refractivity contribution in [1.82, 2.24) is 40.0 Å². The van der Waals surface area contributed by atoms with Crippen LogP contribution in [0.15, 0.2) is 42.7 Å². The molecule has 0 radical (unpaired) electrons. The number of hydrogen-bond donors (Lipinski definition) is 3. The Balaban J connectivity index is 1.19. The van der Waals surface area contributed by atoms with E-state index in [1.54, 1.807) is 6.20 Å². The highest BCUT2D eigenvalue weighted by atomic mass is 35.5. The summed E-state index contributed by atoms with van der Waals surface area (Å²) in [6, 6.07) is 7.88. The van der Waals surface area contributed by atoms with E-state index in [1.807, 2.05) is 19.1 Å². The van der Waals surface area contributed by atoms with Crippen LogP contribution in [0.25, 0.3) is 33.6 Å². The van der Waals surface area contributed by atoms with Gasteiger partial charge in [-0.3, -0.25) is 14.6 Å². The van der Waals surface area contributed by atoms with Gasteiger partial charge in [0.1, 0.15) is 17.6 Å². The molecule has 5 aromatic rings. The molecule has 2 aliphatic heterocycles. The SMILES string of the molecule is C[C@H]1NC(=O)c2c(Cl)cncc2CCCCCn2c(-c3nc4cc(C(=O)N[C@H]5CNCC[C@@H]5F)c(F)cc4n3C3CC3)cc3ccc1nc32. The first-order valence-electron chi connectivity index (χ1n) is 17.1. The van der Waals surface area contributed by atoms with E-state index >= 15 is 4.39 Å². The molecule has 13 heteroatoms. The summed E-state index contributed by atoms with van der Waals surface area (Å²) in [5, 5.41) is 10.1. The van der Waals surface area contributed by atoms with Crippen molar-refractivity contribution in [2.24, 2.45) is 0 Å². The van der Waals surface area contributed by atoms with Crippen LogP contribution in [-0.2, 0) is 13.0 Å². The van der Waals surface area contributed by atoms with E-state index in [0.29, 0.717) is 65.6 Å². The molecular formula is C36H37ClF2N8O2. The van der Waals surface area contributed by atoms with Gasteiger partial charge in [0, 0.05) is 43.0 Å². The number of benzene rings is 1. The molecule has 2 bridgehead atoms. The molecule has 1 saturated carbocycles. The van der Waals surface area contributed by atoms with E-state index < -0.39 is 30.0 Å². The fraction of sp³-hybridized carbons (Fsp3) is 0.417. The number of aryl methyl sites for hydroxylation is 2. The van der Waals surface area contributed by atoms with Gasteiger partial charge in [0.25, 0.3) is 11.8 Å². The number of nitrogens with zero attached hydrogens (tertiary/aromatic N) is 5. The van der Waals surface area contributed by atoms with Crippen molar-refractivity contribution < 1.29 is 18.4 Å². The molecule has 3 N–H and O–H groups in total. The summed E-state index contributed by atoms with van der Waals surface area (Å²) in [6.45, 7) is 3.40. The van der Waals surface area contributed by atoms with Crippen LogP contribution >= 0.6 is 11.6 Å². The minimum absolute atomic E-state index is 0.153. The molecular weight excluding hydrogens is 650 g/mol. The average Bonchev–Trinajstić information content (AvgIpc) is 3.76. The number of amides is 2. The molecule has 254 valence electrons. The number of carbonyl (C=O) groups excluding carboxylic acids is 2. The molecule has 10 nitrogen and oxygen atoms in total. The van der Waals surface area contributed by atoms with E-state index in [-0.39, 0.29) is 17.5 Å². The predicted molar refractivity (Wildman–Crippen MR) is 183 cm³/mol. The highest BCUT2D eigenvalue weighted by molar-refractivity contribution is 6.33. The summed E-state index contributed by atoms with van der Waals surface area (Å²) in [5.41, 5.74) is 4.57. The second kappa shape index (κ2) is 12.8. The van der Waals surface area contributed by atoms with Crippen molar-refractivity contribution >= 4 is 45.5 Å². The van der Waals surface area contributed by atoms with Gasteiger partial charge in [-0.25, -0.2) is 18.7 Å². The van der Waals surface area contributed by atoms with Crippen LogP contribution in [-0.4, -0.2) is 61.2 Å². The molecule has 3 atom stereocenters. The number of pyridine rings is 2. The van der Waals surface area contributed by atoms with Crippen LogP contribution in [0.1, 0.15) is 89.5 Å². The number of hydrogen-bond acceptors (Lipinski definition) is 6. The van der Waals surface area contributed by atoms with E-state index in [2.05, 4.69) is 36.1 Å². The van der Waals surface area contributed by atoms with Crippen LogP contribution in [0.2, 0.25) is 5.02 Å². The summed E-state index contributed by atoms with van der Waals surface area (Å²) in [7, 11) is 0. The molecule has 2 amide bonds. The minimum atomic E-state index is -1.19. The number of aromatic nitrogens is 5. The number of piperidine rings is 1. The maximum absolute atomic E-state index is 15.6. The minimum Gasteiger partial charge on any atom is -0.345 e. The first kappa shape index (κ1) is 31.8. The molecule has 3 aliphatic rings. The van der Waals surface area contributed by atoms with E-state index in [9.17, 15) is 14.0 Å². The van der Waals surface area contributed by atoms with E-state index in [4.69, 9.17) is 21.6 Å². The van der Waals surface area contributed by atoms with E-state index in [0.717, 1.165) is 54.4 Å². The summed E-state index contributed by atoms with van der Waals surface area (Å²) < 4.78 is 34.4. The van der Waals surface area contributed by atoms with Gasteiger partial charge >= 0.3 is 0 Å². The Morgan fingerprint density at radius 1 is 1.08 bits per heavy atom. The number of rotatable bonds is 4. The third-order valence-electron chi connectivity index (χ3n) is 9.97. The van der Waals surface area contributed by atoms with Gasteiger partial charge in [-0.15, -0.1) is 0 Å². The van der Waals surface area contributed by atoms with Gasteiger partial charge in [-0.2, -0.15) is 0 Å². The van der Waals surface area contributed by atoms with Crippen LogP contribution in [0.3, 0.4) is 0 Å². The molecule has 2 fully saturated rings. The number of carbonyl (C=O) groups is 2. The lowest BCUT2D eigenvalue weighted by molar-refractivity contribution is 0.0887. The topological polar surface area (TPSA) is 119 Å². The zero-order chi connectivity index (χ0) is 33.8. The quantitative estimate of drug-likeness (QED) is 0.207. The van der Waals surface area contributed by atoms with Crippen molar-refractivity contribution in [2.45, 2.75) is 82.7 Å². The molecule has 1 aliphatic carbocycles. The van der Waals surface area contributed by atoms with Crippen molar-refractivity contribution in [3.8, 4) is 11.5 Å². The van der Waals surface area contributed by atoms with Crippen molar-refractivity contribution in [2.75, 3.05) is 13.1 Å². The zero-order valence-corrected chi connectivity index (χ0v) is 27.9. The van der Waals surface area contributed by atoms with Crippen LogP contribution in [0.4, 0.5) is 8.78 Å². The highest BCUT2D eigenvalue weighted by Crippen LogP contribution is 2.43. The molecule has 4 aromatic heterocycles. The first-order valence-corrected chi connectivity index (χ1v) is 17.5. The standard InChI is InChI=1S/C36H37ClF2N8O2/c1-19-27-9-6-20-13-31(46(33(20)43-27)12-4-2-3-5-21-16-41-17-24(37)32(21)36(49)42-19)34-44-28-14-23(26(39)15-30(28)47(34)22-7-8-22)35(48)45-29-18-40-11-10-25(29)38/h6,9,13-17,19,22,25,29,40H,2-5,7-8,10-12,18H2,1H3,(H,42,49)(H,45,48)/t19-,25+,29+/m1/s1. The van der Waals surface area contributed by atoms with Crippen molar-refractivity contribution in [3.63, 3.8) is 0 Å². The number of alkyl halides is 1. The monoisotopic (exact) mass is 686 g/mol. The van der Waals surface area contributed by atoms with Gasteiger partial charge in [0.15, 0.2) is 5.82 Å². The Morgan fingerprint density at radius 2 is 1.94 bits per heavy atom. The Labute approximate surface area is 286 Å². The summed E-state index contributed by atoms with van der Waals surface area (Å²) in [5.74, 6) is -0.895. The number of fused-ring (bicyclic) bond motifs is 3. The highest BCUT2D eigenvalue weighted by Gasteiger charge is 2.32. The van der Waals surface area contributed by atoms with Crippen LogP contribution in [0, 0.1) is 5.82 Å². The van der Waals surface area contributed by atoms with Crippen molar-refractivity contribution in [1.29, 1.82) is 0 Å². The van der Waals surface area contributed by atoms with Gasteiger partial charge in [0.05, 0.1) is 50.7 Å². The molecule has 1 aromatic carbocycles. The third kappa shape index (κ3) is 5.94. The lowest BCUT2D eigenvalue weighted by Gasteiger charge is -2.27. The average molecular weight is 687 g/mol. The van der Waals surface area contributed by atoms with Gasteiger partial charge in [-0.1, -0.05) is 18.0 Å². The molecule has 0 spiro atoms. The second-order valence-electron chi connectivity index (χ2n) is 13.4. The maximum Gasteiger partial charge on any atom is 0.254 e. The molecule has 1 saturated heterocycles. The van der Waals surface area contributed by atoms with Gasteiger partial charge in [0.2, 0.25) is 0 Å². The lowest BCUT2D eigenvalue weighted by atomic mass is 10.0. The van der Waals surface area contributed by atoms with E-state index in [1.165, 1.54) is 18.3 Å². The predicted octanol–water partition coefficient (Wildman–Crippen LogP) is 6.22. The number of halogens is 3. The summed E-state index contributed by atoms with van der Waals surface area (Å²) in [6.07, 6.45) is 7.45. The Kier molecular flexibility index (Phi) is 8.31. The van der Waals surface area contributed by atoms with Crippen LogP contribution in [0.5, 0.6) is 0 Å². The Bertz CT molecular complexity index is 2110. The lowest BCUT2D eigenvalue weighted by Crippen LogP contribution is -2.52. The normalized spacial score (nSPS) is 21.8. The fourth-order valence-electron chi connectivity index (χ4n) is 7.21. The summed E-state index contributed by atoms with van der Waals surface area (Å²) >= 11 is 6.45. The zero-order valence-electron chi connectivity index (χ0n) is 27.1. The Morgan fingerprint density at radius 3 is 2.76 bits per heavy atom. The number of nitrogens with one attached hydrogen (secondary N) is 3. The smallest absolute Gasteiger partial charge is 0.254 e. The molecule has 8 rings (SSSR count). The molecule has 49 heavy (non-hydrogen) atoms. The summed E-state index contributed by atoms with van der Waals surface area (Å²) in [4.78, 5) is 40.9. The van der Waals surface area contributed by atoms with Gasteiger partial charge in [-0.05, 0) is 81.8 Å². The van der Waals surface area contributed by atoms with Crippen molar-refractivity contribution in [3.05, 3.63) is 75.9 Å². The van der Waals surface area contributed by atoms with Crippen LogP contribution < -0.4 is 16.0 Å².